The van der Waals surface area contributed by atoms with E-state index in [1.54, 1.807) is 18.2 Å². The van der Waals surface area contributed by atoms with E-state index in [1.807, 2.05) is 30.3 Å². The van der Waals surface area contributed by atoms with Crippen molar-refractivity contribution in [2.45, 2.75) is 6.04 Å². The van der Waals surface area contributed by atoms with Gasteiger partial charge in [0.2, 0.25) is 0 Å². The number of rotatable bonds is 3. The van der Waals surface area contributed by atoms with E-state index < -0.39 is 12.1 Å². The number of hydrogen-bond acceptors (Lipinski definition) is 3. The van der Waals surface area contributed by atoms with E-state index in [4.69, 9.17) is 5.73 Å². The van der Waals surface area contributed by atoms with Crippen molar-refractivity contribution in [3.05, 3.63) is 71.8 Å². The lowest BCUT2D eigenvalue weighted by Gasteiger charge is -2.21. The molecule has 3 aromatic carbocycles. The van der Waals surface area contributed by atoms with E-state index in [-0.39, 0.29) is 11.5 Å². The van der Waals surface area contributed by atoms with Crippen LogP contribution in [0.2, 0.25) is 0 Å². The summed E-state index contributed by atoms with van der Waals surface area (Å²) in [6.45, 7) is 0. The van der Waals surface area contributed by atoms with Crippen LogP contribution in [-0.2, 0) is 0 Å². The molecule has 0 aliphatic carbocycles. The Kier molecular flexibility index (Phi) is 3.76. The number of fused-ring (bicyclic) bond motifs is 1. The first-order valence-corrected chi connectivity index (χ1v) is 7.12. The molecule has 0 aromatic heterocycles. The van der Waals surface area contributed by atoms with Gasteiger partial charge in [-0.3, -0.25) is 0 Å². The number of carbonyl (C=O) groups is 1. The molecule has 0 aliphatic rings. The van der Waals surface area contributed by atoms with Gasteiger partial charge in [0.25, 0.3) is 0 Å². The maximum atomic E-state index is 11.5. The summed E-state index contributed by atoms with van der Waals surface area (Å²) in [7, 11) is 0. The van der Waals surface area contributed by atoms with Gasteiger partial charge in [-0.2, -0.15) is 0 Å². The lowest BCUT2D eigenvalue weighted by atomic mass is 9.93. The molecule has 0 radical (unpaired) electrons. The molecule has 1 unspecified atom stereocenters. The van der Waals surface area contributed by atoms with Crippen LogP contribution < -0.4 is 11.1 Å². The maximum Gasteiger partial charge on any atom is 0.312 e. The molecule has 5 heteroatoms. The van der Waals surface area contributed by atoms with Gasteiger partial charge in [-0.05, 0) is 34.5 Å². The second-order valence-corrected chi connectivity index (χ2v) is 5.25. The minimum Gasteiger partial charge on any atom is -0.508 e. The Labute approximate surface area is 133 Å². The molecule has 23 heavy (non-hydrogen) atoms. The van der Waals surface area contributed by atoms with Crippen LogP contribution >= 0.6 is 0 Å². The van der Waals surface area contributed by atoms with E-state index >= 15 is 0 Å². The van der Waals surface area contributed by atoms with Crippen LogP contribution in [0.1, 0.15) is 17.2 Å². The number of nitrogens with two attached hydrogens (primary N) is 1. The van der Waals surface area contributed by atoms with Gasteiger partial charge in [-0.25, -0.2) is 4.79 Å². The number of amides is 2. The van der Waals surface area contributed by atoms with Crippen LogP contribution in [0.25, 0.3) is 10.8 Å². The Morgan fingerprint density at radius 3 is 2.35 bits per heavy atom. The van der Waals surface area contributed by atoms with Crippen molar-refractivity contribution in [1.82, 2.24) is 5.32 Å². The summed E-state index contributed by atoms with van der Waals surface area (Å²) in [5.74, 6) is 0.184. The van der Waals surface area contributed by atoms with E-state index in [0.29, 0.717) is 11.1 Å². The molecule has 5 N–H and O–H groups in total. The third-order valence-corrected chi connectivity index (χ3v) is 3.75. The predicted molar refractivity (Wildman–Crippen MR) is 88.3 cm³/mol. The average molecular weight is 308 g/mol. The summed E-state index contributed by atoms with van der Waals surface area (Å²) in [5, 5.41) is 24.2. The number of phenols is 2. The molecule has 116 valence electrons. The molecule has 0 saturated heterocycles. The first-order chi connectivity index (χ1) is 11.1. The Morgan fingerprint density at radius 1 is 0.957 bits per heavy atom. The zero-order valence-corrected chi connectivity index (χ0v) is 12.2. The lowest BCUT2D eigenvalue weighted by molar-refractivity contribution is 0.247. The average Bonchev–Trinajstić information content (AvgIpc) is 2.54. The normalized spacial score (nSPS) is 12.0. The van der Waals surface area contributed by atoms with Crippen molar-refractivity contribution in [3.63, 3.8) is 0 Å². The molecular weight excluding hydrogens is 292 g/mol. The maximum absolute atomic E-state index is 11.5. The molecule has 2 amide bonds. The van der Waals surface area contributed by atoms with Crippen LogP contribution in [0.4, 0.5) is 4.79 Å². The van der Waals surface area contributed by atoms with Crippen LogP contribution in [-0.4, -0.2) is 16.2 Å². The van der Waals surface area contributed by atoms with Crippen LogP contribution in [0.15, 0.2) is 60.7 Å². The molecule has 0 fully saturated rings. The summed E-state index contributed by atoms with van der Waals surface area (Å²) in [5.41, 5.74) is 6.58. The molecule has 1 atom stereocenters. The van der Waals surface area contributed by atoms with Gasteiger partial charge >= 0.3 is 6.03 Å². The number of phenolic OH excluding ortho intramolecular Hbond substituents is 2. The third kappa shape index (κ3) is 2.89. The molecule has 3 rings (SSSR count). The fourth-order valence-electron chi connectivity index (χ4n) is 2.72. The SMILES string of the molecule is NC(=O)NC(c1ccc(O)cc1)c1c(O)ccc2ccccc12. The highest BCUT2D eigenvalue weighted by atomic mass is 16.3. The third-order valence-electron chi connectivity index (χ3n) is 3.75. The zero-order valence-electron chi connectivity index (χ0n) is 12.2. The van der Waals surface area contributed by atoms with E-state index in [1.165, 1.54) is 12.1 Å². The van der Waals surface area contributed by atoms with Gasteiger partial charge in [0, 0.05) is 5.56 Å². The molecular formula is C18H16N2O3. The number of benzene rings is 3. The molecule has 0 heterocycles. The topological polar surface area (TPSA) is 95.6 Å². The Morgan fingerprint density at radius 2 is 1.65 bits per heavy atom. The highest BCUT2D eigenvalue weighted by Gasteiger charge is 2.21. The fourth-order valence-corrected chi connectivity index (χ4v) is 2.72. The molecule has 5 nitrogen and oxygen atoms in total. The van der Waals surface area contributed by atoms with Gasteiger partial charge in [0.05, 0.1) is 6.04 Å². The smallest absolute Gasteiger partial charge is 0.312 e. The fraction of sp³-hybridized carbons (Fsp3) is 0.0556. The summed E-state index contributed by atoms with van der Waals surface area (Å²) < 4.78 is 0. The summed E-state index contributed by atoms with van der Waals surface area (Å²) >= 11 is 0. The van der Waals surface area contributed by atoms with Gasteiger partial charge in [0.1, 0.15) is 11.5 Å². The van der Waals surface area contributed by atoms with Gasteiger partial charge in [0.15, 0.2) is 0 Å². The van der Waals surface area contributed by atoms with Crippen molar-refractivity contribution in [1.29, 1.82) is 0 Å². The highest BCUT2D eigenvalue weighted by Crippen LogP contribution is 2.36. The second-order valence-electron chi connectivity index (χ2n) is 5.25. The lowest BCUT2D eigenvalue weighted by Crippen LogP contribution is -2.33. The Balaban J connectivity index is 2.22. The van der Waals surface area contributed by atoms with Crippen LogP contribution in [0, 0.1) is 0 Å². The number of nitrogens with one attached hydrogen (secondary N) is 1. The molecule has 3 aromatic rings. The summed E-state index contributed by atoms with van der Waals surface area (Å²) in [4.78, 5) is 11.5. The molecule has 0 saturated carbocycles. The molecule has 0 spiro atoms. The minimum atomic E-state index is -0.699. The van der Waals surface area contributed by atoms with Crippen LogP contribution in [0.5, 0.6) is 11.5 Å². The second kappa shape index (κ2) is 5.88. The van der Waals surface area contributed by atoms with Gasteiger partial charge in [-0.1, -0.05) is 42.5 Å². The molecule has 0 aliphatic heterocycles. The van der Waals surface area contributed by atoms with Crippen molar-refractivity contribution in [3.8, 4) is 11.5 Å². The van der Waals surface area contributed by atoms with E-state index in [0.717, 1.165) is 10.8 Å². The Hall–Kier alpha value is -3.21. The van der Waals surface area contributed by atoms with Crippen molar-refractivity contribution in [2.75, 3.05) is 0 Å². The van der Waals surface area contributed by atoms with Crippen LogP contribution in [0.3, 0.4) is 0 Å². The standard InChI is InChI=1S/C18H16N2O3/c19-18(23)20-17(12-5-8-13(21)9-6-12)16-14-4-2-1-3-11(14)7-10-15(16)22/h1-10,17,21-22H,(H3,19,20,23). The monoisotopic (exact) mass is 308 g/mol. The van der Waals surface area contributed by atoms with E-state index in [2.05, 4.69) is 5.32 Å². The molecule has 0 bridgehead atoms. The number of carbonyl (C=O) groups excluding carboxylic acids is 1. The predicted octanol–water partition coefficient (Wildman–Crippen LogP) is 3.01. The van der Waals surface area contributed by atoms with Crippen molar-refractivity contribution in [2.24, 2.45) is 5.73 Å². The number of hydrogen-bond donors (Lipinski definition) is 4. The first-order valence-electron chi connectivity index (χ1n) is 7.12. The largest absolute Gasteiger partial charge is 0.508 e. The highest BCUT2D eigenvalue weighted by molar-refractivity contribution is 5.89. The van der Waals surface area contributed by atoms with Crippen molar-refractivity contribution < 1.29 is 15.0 Å². The Bertz CT molecular complexity index is 860. The quantitative estimate of drug-likeness (QED) is 0.599. The van der Waals surface area contributed by atoms with Gasteiger partial charge < -0.3 is 21.3 Å². The number of urea groups is 1. The van der Waals surface area contributed by atoms with E-state index in [9.17, 15) is 15.0 Å². The van der Waals surface area contributed by atoms with Crippen molar-refractivity contribution >= 4 is 16.8 Å². The summed E-state index contributed by atoms with van der Waals surface area (Å²) in [6.07, 6.45) is 0. The van der Waals surface area contributed by atoms with Gasteiger partial charge in [-0.15, -0.1) is 0 Å². The number of primary amides is 1. The number of aromatic hydroxyl groups is 2. The minimum absolute atomic E-state index is 0.0653. The summed E-state index contributed by atoms with van der Waals surface area (Å²) in [6, 6.07) is 16.0. The first kappa shape index (κ1) is 14.7. The zero-order chi connectivity index (χ0) is 16.4.